The summed E-state index contributed by atoms with van der Waals surface area (Å²) in [5.41, 5.74) is 5.65. The molecule has 2 aromatic rings. The molecule has 2 aliphatic carbocycles. The molecule has 0 N–H and O–H groups in total. The summed E-state index contributed by atoms with van der Waals surface area (Å²) in [6.07, 6.45) is 11.6. The van der Waals surface area contributed by atoms with Gasteiger partial charge in [0.2, 0.25) is 0 Å². The van der Waals surface area contributed by atoms with Gasteiger partial charge in [-0.25, -0.2) is 0 Å². The van der Waals surface area contributed by atoms with Crippen LogP contribution < -0.4 is 0 Å². The summed E-state index contributed by atoms with van der Waals surface area (Å²) in [5.74, 6) is 1.11. The van der Waals surface area contributed by atoms with E-state index in [0.717, 1.165) is 0 Å². The zero-order valence-corrected chi connectivity index (χ0v) is 15.3. The van der Waals surface area contributed by atoms with Crippen LogP contribution in [-0.4, -0.2) is 0 Å². The topological polar surface area (TPSA) is 0 Å². The molecule has 0 spiro atoms. The number of benzene rings is 2. The van der Waals surface area contributed by atoms with Crippen molar-refractivity contribution in [1.29, 1.82) is 0 Å². The molecule has 2 unspecified atom stereocenters. The summed E-state index contributed by atoms with van der Waals surface area (Å²) in [6, 6.07) is 13.1. The van der Waals surface area contributed by atoms with Gasteiger partial charge in [-0.05, 0) is 47.2 Å². The summed E-state index contributed by atoms with van der Waals surface area (Å²) in [6.45, 7) is 0. The molecule has 0 aromatic heterocycles. The van der Waals surface area contributed by atoms with Crippen LogP contribution in [-0.2, 0) is 0 Å². The molecule has 2 aromatic carbocycles. The lowest BCUT2D eigenvalue weighted by Gasteiger charge is -2.16. The van der Waals surface area contributed by atoms with Gasteiger partial charge in [-0.2, -0.15) is 0 Å². The normalized spacial score (nSPS) is 21.2. The van der Waals surface area contributed by atoms with Crippen molar-refractivity contribution in [3.8, 4) is 0 Å². The molecule has 22 heavy (non-hydrogen) atoms. The maximum Gasteiger partial charge on any atom is 0.0250 e. The molecule has 4 rings (SSSR count). The Balaban J connectivity index is 1.51. The van der Waals surface area contributed by atoms with Gasteiger partial charge in [-0.1, -0.05) is 80.4 Å². The molecule has 0 bridgehead atoms. The first-order valence-corrected chi connectivity index (χ1v) is 9.26. The van der Waals surface area contributed by atoms with Gasteiger partial charge < -0.3 is 0 Å². The molecule has 0 heterocycles. The lowest BCUT2D eigenvalue weighted by molar-refractivity contribution is 0.642. The molecule has 0 radical (unpaired) electrons. The van der Waals surface area contributed by atoms with Crippen LogP contribution in [0.1, 0.15) is 46.9 Å². The first kappa shape index (κ1) is 14.5. The average Bonchev–Trinajstić information content (AvgIpc) is 3.11. The summed E-state index contributed by atoms with van der Waals surface area (Å²) in [7, 11) is 0. The fraction of sp³-hybridized carbons (Fsp3) is 0.200. The lowest BCUT2D eigenvalue weighted by Crippen LogP contribution is -1.99. The number of halogens is 2. The Morgan fingerprint density at radius 2 is 1.14 bits per heavy atom. The average molecular weight is 416 g/mol. The minimum Gasteiger partial charge on any atom is -0.0763 e. The van der Waals surface area contributed by atoms with E-state index < -0.39 is 0 Å². The number of fused-ring (bicyclic) bond motifs is 2. The van der Waals surface area contributed by atoms with Crippen LogP contribution in [0.25, 0.3) is 12.2 Å². The van der Waals surface area contributed by atoms with Crippen LogP contribution in [0.3, 0.4) is 0 Å². The second-order valence-electron chi connectivity index (χ2n) is 5.99. The van der Waals surface area contributed by atoms with Gasteiger partial charge in [-0.3, -0.25) is 0 Å². The summed E-state index contributed by atoms with van der Waals surface area (Å²) in [5, 5.41) is 0. The lowest BCUT2D eigenvalue weighted by atomic mass is 9.89. The highest BCUT2D eigenvalue weighted by Gasteiger charge is 2.23. The molecule has 0 fully saturated rings. The van der Waals surface area contributed by atoms with Crippen LogP contribution in [0.5, 0.6) is 0 Å². The first-order valence-electron chi connectivity index (χ1n) is 7.67. The van der Waals surface area contributed by atoms with Crippen molar-refractivity contribution >= 4 is 44.0 Å². The maximum atomic E-state index is 3.65. The molecule has 110 valence electrons. The third kappa shape index (κ3) is 2.43. The number of hydrogen-bond acceptors (Lipinski definition) is 0. The van der Waals surface area contributed by atoms with E-state index in [1.165, 1.54) is 44.0 Å². The SMILES string of the molecule is Brc1cccc2c1C=CC2CCC1C=Cc2c(Br)cccc21. The smallest absolute Gasteiger partial charge is 0.0250 e. The van der Waals surface area contributed by atoms with Gasteiger partial charge in [-0.15, -0.1) is 0 Å². The van der Waals surface area contributed by atoms with Gasteiger partial charge >= 0.3 is 0 Å². The fourth-order valence-corrected chi connectivity index (χ4v) is 4.63. The third-order valence-corrected chi connectivity index (χ3v) is 6.13. The van der Waals surface area contributed by atoms with E-state index in [1.54, 1.807) is 0 Å². The second-order valence-corrected chi connectivity index (χ2v) is 7.70. The second kappa shape index (κ2) is 5.82. The van der Waals surface area contributed by atoms with E-state index in [1.807, 2.05) is 0 Å². The molecule has 0 nitrogen and oxygen atoms in total. The Morgan fingerprint density at radius 3 is 1.59 bits per heavy atom. The predicted octanol–water partition coefficient (Wildman–Crippen LogP) is 6.91. The summed E-state index contributed by atoms with van der Waals surface area (Å²) < 4.78 is 2.41. The minimum atomic E-state index is 0.553. The Hall–Kier alpha value is -1.12. The van der Waals surface area contributed by atoms with Crippen molar-refractivity contribution in [3.05, 3.63) is 79.7 Å². The number of allylic oxidation sites excluding steroid dienone is 2. The van der Waals surface area contributed by atoms with Crippen LogP contribution in [0.15, 0.2) is 57.5 Å². The highest BCUT2D eigenvalue weighted by molar-refractivity contribution is 9.10. The maximum absolute atomic E-state index is 3.65. The van der Waals surface area contributed by atoms with Crippen molar-refractivity contribution in [2.24, 2.45) is 0 Å². The number of hydrogen-bond donors (Lipinski definition) is 0. The van der Waals surface area contributed by atoms with Gasteiger partial charge in [0.1, 0.15) is 0 Å². The zero-order chi connectivity index (χ0) is 15.1. The fourth-order valence-electron chi connectivity index (χ4n) is 3.60. The zero-order valence-electron chi connectivity index (χ0n) is 12.1. The van der Waals surface area contributed by atoms with Gasteiger partial charge in [0, 0.05) is 20.8 Å². The molecular formula is C20H16Br2. The number of rotatable bonds is 3. The van der Waals surface area contributed by atoms with Gasteiger partial charge in [0.15, 0.2) is 0 Å². The van der Waals surface area contributed by atoms with Crippen molar-refractivity contribution < 1.29 is 0 Å². The molecule has 0 amide bonds. The highest BCUT2D eigenvalue weighted by Crippen LogP contribution is 2.42. The van der Waals surface area contributed by atoms with Crippen molar-refractivity contribution in [2.45, 2.75) is 24.7 Å². The molecule has 2 atom stereocenters. The molecule has 0 saturated carbocycles. The Bertz CT molecular complexity index is 719. The quantitative estimate of drug-likeness (QED) is 0.510. The van der Waals surface area contributed by atoms with Crippen molar-refractivity contribution in [2.75, 3.05) is 0 Å². The summed E-state index contributed by atoms with van der Waals surface area (Å²) >= 11 is 7.31. The van der Waals surface area contributed by atoms with E-state index >= 15 is 0 Å². The Morgan fingerprint density at radius 1 is 0.682 bits per heavy atom. The van der Waals surface area contributed by atoms with E-state index in [9.17, 15) is 0 Å². The van der Waals surface area contributed by atoms with Crippen LogP contribution in [0.2, 0.25) is 0 Å². The van der Waals surface area contributed by atoms with Crippen molar-refractivity contribution in [1.82, 2.24) is 0 Å². The highest BCUT2D eigenvalue weighted by atomic mass is 79.9. The standard InChI is InChI=1S/C20H16Br2/c21-19-5-1-3-15-13(9-11-17(15)19)7-8-14-10-12-18-16(14)4-2-6-20(18)22/h1-6,9-14H,7-8H2. The minimum absolute atomic E-state index is 0.553. The summed E-state index contributed by atoms with van der Waals surface area (Å²) in [4.78, 5) is 0. The van der Waals surface area contributed by atoms with E-state index in [2.05, 4.69) is 92.6 Å². The van der Waals surface area contributed by atoms with Gasteiger partial charge in [0.25, 0.3) is 0 Å². The third-order valence-electron chi connectivity index (χ3n) is 4.75. The molecule has 0 saturated heterocycles. The van der Waals surface area contributed by atoms with Crippen LogP contribution >= 0.6 is 31.9 Å². The van der Waals surface area contributed by atoms with Crippen LogP contribution in [0.4, 0.5) is 0 Å². The van der Waals surface area contributed by atoms with Crippen molar-refractivity contribution in [3.63, 3.8) is 0 Å². The van der Waals surface area contributed by atoms with Gasteiger partial charge in [0.05, 0.1) is 0 Å². The largest absolute Gasteiger partial charge is 0.0763 e. The first-order chi connectivity index (χ1) is 10.7. The van der Waals surface area contributed by atoms with E-state index in [-0.39, 0.29) is 0 Å². The molecule has 2 aliphatic rings. The molecule has 0 aliphatic heterocycles. The Labute approximate surface area is 148 Å². The monoisotopic (exact) mass is 414 g/mol. The van der Waals surface area contributed by atoms with E-state index in [0.29, 0.717) is 11.8 Å². The van der Waals surface area contributed by atoms with Crippen LogP contribution in [0, 0.1) is 0 Å². The molecule has 2 heteroatoms. The van der Waals surface area contributed by atoms with E-state index in [4.69, 9.17) is 0 Å². The molecular weight excluding hydrogens is 400 g/mol. The Kier molecular flexibility index (Phi) is 3.83. The predicted molar refractivity (Wildman–Crippen MR) is 101 cm³/mol.